The highest BCUT2D eigenvalue weighted by Gasteiger charge is 2.08. The fourth-order valence-corrected chi connectivity index (χ4v) is 2.43. The molecule has 0 radical (unpaired) electrons. The zero-order chi connectivity index (χ0) is 14.5. The third-order valence-electron chi connectivity index (χ3n) is 3.21. The van der Waals surface area contributed by atoms with Crippen LogP contribution in [0.25, 0.3) is 0 Å². The summed E-state index contributed by atoms with van der Waals surface area (Å²) >= 11 is 3.46. The van der Waals surface area contributed by atoms with Crippen molar-refractivity contribution in [2.45, 2.75) is 19.5 Å². The molecule has 0 spiro atoms. The summed E-state index contributed by atoms with van der Waals surface area (Å²) < 4.78 is 19.3. The molecule has 0 bridgehead atoms. The third-order valence-corrected chi connectivity index (χ3v) is 3.70. The standard InChI is InChI=1S/C16H17BrFNO/c1-11(12-3-6-15(18)7-4-12)19-10-13-9-14(17)5-8-16(13)20-2/h3-9,11,19H,10H2,1-2H3. The van der Waals surface area contributed by atoms with Crippen LogP contribution in [0.3, 0.4) is 0 Å². The molecule has 2 aromatic rings. The molecule has 4 heteroatoms. The van der Waals surface area contributed by atoms with Crippen molar-refractivity contribution >= 4 is 15.9 Å². The molecular formula is C16H17BrFNO. The van der Waals surface area contributed by atoms with Crippen LogP contribution in [0, 0.1) is 5.82 Å². The van der Waals surface area contributed by atoms with Crippen LogP contribution in [-0.4, -0.2) is 7.11 Å². The Kier molecular flexibility index (Phi) is 5.15. The lowest BCUT2D eigenvalue weighted by Gasteiger charge is -2.16. The predicted molar refractivity (Wildman–Crippen MR) is 82.3 cm³/mol. The highest BCUT2D eigenvalue weighted by molar-refractivity contribution is 9.10. The monoisotopic (exact) mass is 337 g/mol. The van der Waals surface area contributed by atoms with E-state index in [1.807, 2.05) is 18.2 Å². The normalized spacial score (nSPS) is 12.2. The van der Waals surface area contributed by atoms with Gasteiger partial charge >= 0.3 is 0 Å². The summed E-state index contributed by atoms with van der Waals surface area (Å²) in [7, 11) is 1.66. The Hall–Kier alpha value is -1.39. The number of benzene rings is 2. The number of methoxy groups -OCH3 is 1. The minimum Gasteiger partial charge on any atom is -0.496 e. The molecule has 0 heterocycles. The van der Waals surface area contributed by atoms with Crippen LogP contribution in [-0.2, 0) is 6.54 Å². The van der Waals surface area contributed by atoms with Crippen LogP contribution in [0.15, 0.2) is 46.9 Å². The molecule has 0 aliphatic carbocycles. The van der Waals surface area contributed by atoms with Crippen LogP contribution < -0.4 is 10.1 Å². The number of halogens is 2. The molecule has 0 aliphatic rings. The first-order valence-electron chi connectivity index (χ1n) is 6.41. The van der Waals surface area contributed by atoms with E-state index in [-0.39, 0.29) is 11.9 Å². The zero-order valence-electron chi connectivity index (χ0n) is 11.5. The molecule has 20 heavy (non-hydrogen) atoms. The highest BCUT2D eigenvalue weighted by atomic mass is 79.9. The van der Waals surface area contributed by atoms with Crippen LogP contribution in [0.2, 0.25) is 0 Å². The summed E-state index contributed by atoms with van der Waals surface area (Å²) in [5.41, 5.74) is 2.14. The summed E-state index contributed by atoms with van der Waals surface area (Å²) in [6.07, 6.45) is 0. The van der Waals surface area contributed by atoms with Crippen molar-refractivity contribution in [1.82, 2.24) is 5.32 Å². The molecule has 1 unspecified atom stereocenters. The van der Waals surface area contributed by atoms with Crippen LogP contribution >= 0.6 is 15.9 Å². The second-order valence-corrected chi connectivity index (χ2v) is 5.53. The van der Waals surface area contributed by atoms with Gasteiger partial charge < -0.3 is 10.1 Å². The lowest BCUT2D eigenvalue weighted by molar-refractivity contribution is 0.406. The van der Waals surface area contributed by atoms with Crippen LogP contribution in [0.5, 0.6) is 5.75 Å². The molecule has 2 nitrogen and oxygen atoms in total. The quantitative estimate of drug-likeness (QED) is 0.870. The van der Waals surface area contributed by atoms with Crippen molar-refractivity contribution in [3.8, 4) is 5.75 Å². The van der Waals surface area contributed by atoms with Gasteiger partial charge in [0.25, 0.3) is 0 Å². The van der Waals surface area contributed by atoms with Gasteiger partial charge in [-0.3, -0.25) is 0 Å². The molecule has 0 saturated heterocycles. The minimum atomic E-state index is -0.213. The van der Waals surface area contributed by atoms with Gasteiger partial charge in [-0.15, -0.1) is 0 Å². The van der Waals surface area contributed by atoms with Gasteiger partial charge in [0, 0.05) is 22.6 Å². The maximum Gasteiger partial charge on any atom is 0.123 e. The smallest absolute Gasteiger partial charge is 0.123 e. The number of hydrogen-bond acceptors (Lipinski definition) is 2. The second-order valence-electron chi connectivity index (χ2n) is 4.61. The molecule has 1 N–H and O–H groups in total. The Balaban J connectivity index is 2.04. The topological polar surface area (TPSA) is 21.3 Å². The van der Waals surface area contributed by atoms with Crippen molar-refractivity contribution in [2.75, 3.05) is 7.11 Å². The Labute approximate surface area is 127 Å². The molecular weight excluding hydrogens is 321 g/mol. The highest BCUT2D eigenvalue weighted by Crippen LogP contribution is 2.23. The molecule has 2 rings (SSSR count). The van der Waals surface area contributed by atoms with Crippen LogP contribution in [0.4, 0.5) is 4.39 Å². The third kappa shape index (κ3) is 3.81. The van der Waals surface area contributed by atoms with Crippen LogP contribution in [0.1, 0.15) is 24.1 Å². The molecule has 0 aliphatic heterocycles. The lowest BCUT2D eigenvalue weighted by atomic mass is 10.1. The van der Waals surface area contributed by atoms with Gasteiger partial charge in [-0.1, -0.05) is 28.1 Å². The summed E-state index contributed by atoms with van der Waals surface area (Å²) in [5.74, 6) is 0.640. The first-order valence-corrected chi connectivity index (χ1v) is 7.20. The number of ether oxygens (including phenoxy) is 1. The van der Waals surface area contributed by atoms with Gasteiger partial charge in [0.15, 0.2) is 0 Å². The number of hydrogen-bond donors (Lipinski definition) is 1. The van der Waals surface area contributed by atoms with E-state index in [0.29, 0.717) is 6.54 Å². The largest absolute Gasteiger partial charge is 0.496 e. The zero-order valence-corrected chi connectivity index (χ0v) is 13.1. The summed E-state index contributed by atoms with van der Waals surface area (Å²) in [6, 6.07) is 12.6. The Bertz CT molecular complexity index is 571. The molecule has 0 fully saturated rings. The number of nitrogens with one attached hydrogen (secondary N) is 1. The molecule has 0 saturated carbocycles. The van der Waals surface area contributed by atoms with E-state index in [9.17, 15) is 4.39 Å². The van der Waals surface area contributed by atoms with Gasteiger partial charge in [-0.25, -0.2) is 4.39 Å². The van der Waals surface area contributed by atoms with E-state index in [1.165, 1.54) is 12.1 Å². The van der Waals surface area contributed by atoms with Gasteiger partial charge in [-0.2, -0.15) is 0 Å². The van der Waals surface area contributed by atoms with E-state index in [0.717, 1.165) is 21.3 Å². The fourth-order valence-electron chi connectivity index (χ4n) is 2.02. The van der Waals surface area contributed by atoms with E-state index < -0.39 is 0 Å². The Morgan fingerprint density at radius 2 is 1.90 bits per heavy atom. The van der Waals surface area contributed by atoms with E-state index in [4.69, 9.17) is 4.74 Å². The Morgan fingerprint density at radius 1 is 1.20 bits per heavy atom. The fraction of sp³-hybridized carbons (Fsp3) is 0.250. The van der Waals surface area contributed by atoms with Crippen molar-refractivity contribution in [3.05, 3.63) is 63.9 Å². The summed E-state index contributed by atoms with van der Waals surface area (Å²) in [5, 5.41) is 3.41. The maximum atomic E-state index is 12.9. The van der Waals surface area contributed by atoms with E-state index in [1.54, 1.807) is 19.2 Å². The average Bonchev–Trinajstić information content (AvgIpc) is 2.45. The van der Waals surface area contributed by atoms with E-state index >= 15 is 0 Å². The minimum absolute atomic E-state index is 0.138. The molecule has 0 amide bonds. The lowest BCUT2D eigenvalue weighted by Crippen LogP contribution is -2.18. The predicted octanol–water partition coefficient (Wildman–Crippen LogP) is 4.45. The molecule has 106 valence electrons. The Morgan fingerprint density at radius 3 is 2.55 bits per heavy atom. The van der Waals surface area contributed by atoms with Gasteiger partial charge in [0.2, 0.25) is 0 Å². The van der Waals surface area contributed by atoms with Gasteiger partial charge in [0.05, 0.1) is 7.11 Å². The van der Waals surface area contributed by atoms with Crippen molar-refractivity contribution in [2.24, 2.45) is 0 Å². The second kappa shape index (κ2) is 6.86. The first kappa shape index (κ1) is 15.0. The average molecular weight is 338 g/mol. The van der Waals surface area contributed by atoms with Crippen molar-refractivity contribution < 1.29 is 9.13 Å². The molecule has 1 atom stereocenters. The first-order chi connectivity index (χ1) is 9.60. The van der Waals surface area contributed by atoms with Gasteiger partial charge in [-0.05, 0) is 42.8 Å². The summed E-state index contributed by atoms with van der Waals surface area (Å²) in [6.45, 7) is 2.73. The van der Waals surface area contributed by atoms with Gasteiger partial charge in [0.1, 0.15) is 11.6 Å². The van der Waals surface area contributed by atoms with Crippen molar-refractivity contribution in [3.63, 3.8) is 0 Å². The summed E-state index contributed by atoms with van der Waals surface area (Å²) in [4.78, 5) is 0. The number of rotatable bonds is 5. The maximum absolute atomic E-state index is 12.9. The van der Waals surface area contributed by atoms with Crippen molar-refractivity contribution in [1.29, 1.82) is 0 Å². The molecule has 0 aromatic heterocycles. The molecule has 2 aromatic carbocycles. The van der Waals surface area contributed by atoms with E-state index in [2.05, 4.69) is 28.2 Å². The SMILES string of the molecule is COc1ccc(Br)cc1CNC(C)c1ccc(F)cc1.